The molecule has 0 spiro atoms. The standard InChI is InChI=1S/C23H19ClN2O2S/c1-14-15(2)29-23-21(14)22(17-8-10-18(24)11-9-17)25-12-20(28)26(23)13-19(27)16-6-4-3-5-7-16/h3-11H,12-13H2,1-2H3. The van der Waals surface area contributed by atoms with E-state index in [9.17, 15) is 9.59 Å². The number of rotatable bonds is 4. The highest BCUT2D eigenvalue weighted by Crippen LogP contribution is 2.38. The van der Waals surface area contributed by atoms with E-state index < -0.39 is 0 Å². The van der Waals surface area contributed by atoms with Crippen molar-refractivity contribution in [1.29, 1.82) is 0 Å². The molecule has 0 saturated heterocycles. The Bertz CT molecular complexity index is 1120. The Morgan fingerprint density at radius 1 is 1.10 bits per heavy atom. The third kappa shape index (κ3) is 3.76. The first-order valence-corrected chi connectivity index (χ1v) is 10.4. The molecule has 6 heteroatoms. The quantitative estimate of drug-likeness (QED) is 0.550. The lowest BCUT2D eigenvalue weighted by molar-refractivity contribution is -0.117. The van der Waals surface area contributed by atoms with Gasteiger partial charge < -0.3 is 0 Å². The predicted molar refractivity (Wildman–Crippen MR) is 119 cm³/mol. The summed E-state index contributed by atoms with van der Waals surface area (Å²) in [6.07, 6.45) is 0. The Hall–Kier alpha value is -2.76. The first-order chi connectivity index (χ1) is 14.0. The molecule has 29 heavy (non-hydrogen) atoms. The molecule has 2 aromatic carbocycles. The van der Waals surface area contributed by atoms with Gasteiger partial charge in [0.2, 0.25) is 5.91 Å². The van der Waals surface area contributed by atoms with Crippen LogP contribution in [0.1, 0.15) is 31.9 Å². The number of thiophene rings is 1. The highest BCUT2D eigenvalue weighted by atomic mass is 35.5. The van der Waals surface area contributed by atoms with Gasteiger partial charge in [-0.05, 0) is 31.5 Å². The Balaban J connectivity index is 1.78. The number of hydrogen-bond donors (Lipinski definition) is 0. The smallest absolute Gasteiger partial charge is 0.249 e. The van der Waals surface area contributed by atoms with Crippen molar-refractivity contribution in [3.05, 3.63) is 86.8 Å². The van der Waals surface area contributed by atoms with Crippen LogP contribution in [0.3, 0.4) is 0 Å². The van der Waals surface area contributed by atoms with Crippen LogP contribution in [0.4, 0.5) is 5.00 Å². The molecule has 0 aliphatic carbocycles. The molecule has 1 aliphatic rings. The Morgan fingerprint density at radius 2 is 1.79 bits per heavy atom. The topological polar surface area (TPSA) is 49.7 Å². The minimum atomic E-state index is -0.180. The molecule has 0 saturated carbocycles. The molecular formula is C23H19ClN2O2S. The molecule has 4 rings (SSSR count). The second-order valence-electron chi connectivity index (χ2n) is 6.90. The monoisotopic (exact) mass is 422 g/mol. The molecule has 0 bridgehead atoms. The fraction of sp³-hybridized carbons (Fsp3) is 0.174. The number of amides is 1. The van der Waals surface area contributed by atoms with Crippen molar-refractivity contribution in [3.63, 3.8) is 0 Å². The summed E-state index contributed by atoms with van der Waals surface area (Å²) >= 11 is 7.57. The van der Waals surface area contributed by atoms with Crippen molar-refractivity contribution >= 4 is 45.3 Å². The van der Waals surface area contributed by atoms with E-state index in [0.717, 1.165) is 32.3 Å². The molecule has 0 unspecified atom stereocenters. The number of carbonyl (C=O) groups excluding carboxylic acids is 2. The second kappa shape index (κ2) is 7.93. The first-order valence-electron chi connectivity index (χ1n) is 9.25. The van der Waals surface area contributed by atoms with Gasteiger partial charge in [-0.2, -0.15) is 0 Å². The average molecular weight is 423 g/mol. The van der Waals surface area contributed by atoms with E-state index in [1.807, 2.05) is 56.3 Å². The minimum absolute atomic E-state index is 0.0000823. The van der Waals surface area contributed by atoms with Crippen molar-refractivity contribution in [2.45, 2.75) is 13.8 Å². The van der Waals surface area contributed by atoms with Gasteiger partial charge in [0.15, 0.2) is 5.78 Å². The van der Waals surface area contributed by atoms with Crippen LogP contribution < -0.4 is 4.90 Å². The van der Waals surface area contributed by atoms with E-state index in [4.69, 9.17) is 11.6 Å². The normalized spacial score (nSPS) is 13.7. The first kappa shape index (κ1) is 19.6. The SMILES string of the molecule is Cc1sc2c(c1C)C(c1ccc(Cl)cc1)=NCC(=O)N2CC(=O)c1ccccc1. The maximum Gasteiger partial charge on any atom is 0.249 e. The molecule has 1 aliphatic heterocycles. The van der Waals surface area contributed by atoms with Gasteiger partial charge in [-0.1, -0.05) is 54.1 Å². The molecule has 0 fully saturated rings. The molecule has 1 amide bonds. The van der Waals surface area contributed by atoms with Crippen molar-refractivity contribution < 1.29 is 9.59 Å². The number of nitrogens with zero attached hydrogens (tertiary/aromatic N) is 2. The maximum atomic E-state index is 12.9. The third-order valence-corrected chi connectivity index (χ3v) is 6.52. The zero-order valence-electron chi connectivity index (χ0n) is 16.1. The van der Waals surface area contributed by atoms with E-state index in [0.29, 0.717) is 10.6 Å². The molecule has 0 radical (unpaired) electrons. The lowest BCUT2D eigenvalue weighted by atomic mass is 10.00. The number of benzene rings is 2. The summed E-state index contributed by atoms with van der Waals surface area (Å²) in [5, 5.41) is 1.42. The fourth-order valence-corrected chi connectivity index (χ4v) is 4.66. The van der Waals surface area contributed by atoms with Gasteiger partial charge in [-0.15, -0.1) is 11.3 Å². The van der Waals surface area contributed by atoms with Crippen LogP contribution in [-0.4, -0.2) is 30.5 Å². The maximum absolute atomic E-state index is 12.9. The lowest BCUT2D eigenvalue weighted by Gasteiger charge is -2.20. The van der Waals surface area contributed by atoms with Crippen LogP contribution in [-0.2, 0) is 4.79 Å². The summed E-state index contributed by atoms with van der Waals surface area (Å²) in [5.41, 5.74) is 4.25. The van der Waals surface area contributed by atoms with E-state index in [1.54, 1.807) is 17.0 Å². The van der Waals surface area contributed by atoms with Crippen LogP contribution in [0.25, 0.3) is 0 Å². The number of aliphatic imine (C=N–C) groups is 1. The van der Waals surface area contributed by atoms with Crippen LogP contribution in [0, 0.1) is 13.8 Å². The average Bonchev–Trinajstić information content (AvgIpc) is 2.94. The van der Waals surface area contributed by atoms with Crippen LogP contribution in [0.2, 0.25) is 5.02 Å². The van der Waals surface area contributed by atoms with Gasteiger partial charge >= 0.3 is 0 Å². The zero-order valence-corrected chi connectivity index (χ0v) is 17.7. The number of carbonyl (C=O) groups is 2. The van der Waals surface area contributed by atoms with Crippen LogP contribution >= 0.6 is 22.9 Å². The van der Waals surface area contributed by atoms with Crippen molar-refractivity contribution in [3.8, 4) is 0 Å². The summed E-state index contributed by atoms with van der Waals surface area (Å²) in [6, 6.07) is 16.5. The molecule has 1 aromatic heterocycles. The third-order valence-electron chi connectivity index (χ3n) is 5.04. The number of fused-ring (bicyclic) bond motifs is 1. The second-order valence-corrected chi connectivity index (χ2v) is 8.54. The summed E-state index contributed by atoms with van der Waals surface area (Å²) in [6.45, 7) is 4.05. The highest BCUT2D eigenvalue weighted by molar-refractivity contribution is 7.17. The van der Waals surface area contributed by atoms with Crippen molar-refractivity contribution in [2.24, 2.45) is 4.99 Å². The zero-order chi connectivity index (χ0) is 20.5. The van der Waals surface area contributed by atoms with Gasteiger partial charge in [0.05, 0.1) is 12.3 Å². The van der Waals surface area contributed by atoms with Crippen molar-refractivity contribution in [2.75, 3.05) is 18.0 Å². The minimum Gasteiger partial charge on any atom is -0.294 e. The van der Waals surface area contributed by atoms with Crippen LogP contribution in [0.5, 0.6) is 0 Å². The molecule has 146 valence electrons. The van der Waals surface area contributed by atoms with E-state index in [2.05, 4.69) is 4.99 Å². The van der Waals surface area contributed by atoms with E-state index in [1.165, 1.54) is 11.3 Å². The van der Waals surface area contributed by atoms with Gasteiger partial charge in [-0.3, -0.25) is 19.5 Å². The number of anilines is 1. The lowest BCUT2D eigenvalue weighted by Crippen LogP contribution is -2.36. The molecule has 2 heterocycles. The van der Waals surface area contributed by atoms with Gasteiger partial charge in [-0.25, -0.2) is 0 Å². The summed E-state index contributed by atoms with van der Waals surface area (Å²) < 4.78 is 0. The number of Topliss-reactive ketones (excluding diaryl/α,β-unsaturated/α-hetero) is 1. The van der Waals surface area contributed by atoms with Crippen LogP contribution in [0.15, 0.2) is 59.6 Å². The van der Waals surface area contributed by atoms with Gasteiger partial charge in [0.1, 0.15) is 11.5 Å². The molecular weight excluding hydrogens is 404 g/mol. The predicted octanol–water partition coefficient (Wildman–Crippen LogP) is 5.09. The number of halogens is 1. The molecule has 4 nitrogen and oxygen atoms in total. The van der Waals surface area contributed by atoms with E-state index in [-0.39, 0.29) is 24.8 Å². The Kier molecular flexibility index (Phi) is 5.35. The Morgan fingerprint density at radius 3 is 2.48 bits per heavy atom. The highest BCUT2D eigenvalue weighted by Gasteiger charge is 2.30. The summed E-state index contributed by atoms with van der Waals surface area (Å²) in [5.74, 6) is -0.274. The Labute approximate surface area is 178 Å². The summed E-state index contributed by atoms with van der Waals surface area (Å²) in [4.78, 5) is 33.1. The summed E-state index contributed by atoms with van der Waals surface area (Å²) in [7, 11) is 0. The molecule has 3 aromatic rings. The van der Waals surface area contributed by atoms with Crippen molar-refractivity contribution in [1.82, 2.24) is 0 Å². The largest absolute Gasteiger partial charge is 0.294 e. The fourth-order valence-electron chi connectivity index (χ4n) is 3.36. The molecule has 0 atom stereocenters. The molecule has 0 N–H and O–H groups in total. The number of aryl methyl sites for hydroxylation is 1. The van der Waals surface area contributed by atoms with E-state index >= 15 is 0 Å². The number of hydrogen-bond acceptors (Lipinski definition) is 4. The van der Waals surface area contributed by atoms with Gasteiger partial charge in [0, 0.05) is 26.6 Å². The number of ketones is 1. The van der Waals surface area contributed by atoms with Gasteiger partial charge in [0.25, 0.3) is 0 Å².